The van der Waals surface area contributed by atoms with Gasteiger partial charge in [-0.05, 0) is 48.4 Å². The molecule has 1 aliphatic carbocycles. The third-order valence-electron chi connectivity index (χ3n) is 6.07. The normalized spacial score (nSPS) is 20.8. The van der Waals surface area contributed by atoms with Gasteiger partial charge in [0.25, 0.3) is 0 Å². The van der Waals surface area contributed by atoms with E-state index in [1.54, 1.807) is 18.2 Å². The lowest BCUT2D eigenvalue weighted by atomic mass is 9.71. The van der Waals surface area contributed by atoms with Crippen molar-refractivity contribution in [2.75, 3.05) is 6.61 Å². The van der Waals surface area contributed by atoms with E-state index in [4.69, 9.17) is 4.74 Å². The van der Waals surface area contributed by atoms with Crippen LogP contribution in [0.5, 0.6) is 5.75 Å². The van der Waals surface area contributed by atoms with Crippen LogP contribution in [0.15, 0.2) is 77.1 Å². The smallest absolute Gasteiger partial charge is 0.336 e. The van der Waals surface area contributed by atoms with Crippen LogP contribution in [0.3, 0.4) is 0 Å². The van der Waals surface area contributed by atoms with Crippen LogP contribution >= 0.6 is 0 Å². The number of carbonyl (C=O) groups is 2. The van der Waals surface area contributed by atoms with Gasteiger partial charge in [0.15, 0.2) is 5.78 Å². The summed E-state index contributed by atoms with van der Waals surface area (Å²) in [5.41, 5.74) is 4.41. The number of hydrogen-bond donors (Lipinski definition) is 2. The fraction of sp³-hybridized carbons (Fsp3) is 0.333. The number of nitrogens with one attached hydrogen (secondary N) is 1. The highest BCUT2D eigenvalue weighted by Crippen LogP contribution is 2.46. The number of Topliss-reactive ketones (excluding diaryl/α,β-unsaturated/α-hetero) is 1. The lowest BCUT2D eigenvalue weighted by Crippen LogP contribution is -2.36. The molecule has 5 nitrogen and oxygen atoms in total. The van der Waals surface area contributed by atoms with Crippen molar-refractivity contribution >= 4 is 11.8 Å². The molecule has 2 aromatic carbocycles. The largest absolute Gasteiger partial charge is 0.508 e. The number of phenolic OH excluding ortho intramolecular Hbond substituents is 1. The highest BCUT2D eigenvalue weighted by Gasteiger charge is 2.41. The topological polar surface area (TPSA) is 75.6 Å². The Balaban J connectivity index is 1.77. The second-order valence-corrected chi connectivity index (χ2v) is 9.02. The first-order valence-corrected chi connectivity index (χ1v) is 11.1. The molecule has 0 spiro atoms. The number of phenols is 1. The average molecular weight is 432 g/mol. The number of ether oxygens (including phenoxy) is 1. The zero-order chi connectivity index (χ0) is 22.8. The minimum absolute atomic E-state index is 0.0163. The van der Waals surface area contributed by atoms with E-state index in [-0.39, 0.29) is 23.4 Å². The third kappa shape index (κ3) is 4.33. The van der Waals surface area contributed by atoms with E-state index >= 15 is 0 Å². The van der Waals surface area contributed by atoms with Crippen molar-refractivity contribution in [3.8, 4) is 5.75 Å². The van der Waals surface area contributed by atoms with Gasteiger partial charge in [-0.3, -0.25) is 4.79 Å². The molecule has 1 heterocycles. The van der Waals surface area contributed by atoms with Gasteiger partial charge in [0.05, 0.1) is 12.2 Å². The first-order chi connectivity index (χ1) is 15.3. The predicted molar refractivity (Wildman–Crippen MR) is 123 cm³/mol. The third-order valence-corrected chi connectivity index (χ3v) is 6.07. The van der Waals surface area contributed by atoms with Crippen LogP contribution in [0, 0.1) is 5.92 Å². The number of hydrogen-bond acceptors (Lipinski definition) is 5. The van der Waals surface area contributed by atoms with Gasteiger partial charge < -0.3 is 15.2 Å². The van der Waals surface area contributed by atoms with Crippen LogP contribution in [0.2, 0.25) is 0 Å². The summed E-state index contributed by atoms with van der Waals surface area (Å²) in [6.45, 7) is 6.12. The van der Waals surface area contributed by atoms with E-state index in [1.165, 1.54) is 0 Å². The Morgan fingerprint density at radius 3 is 2.50 bits per heavy atom. The monoisotopic (exact) mass is 431 g/mol. The summed E-state index contributed by atoms with van der Waals surface area (Å²) in [6.07, 6.45) is 1.07. The zero-order valence-electron chi connectivity index (χ0n) is 18.7. The van der Waals surface area contributed by atoms with Crippen molar-refractivity contribution in [1.29, 1.82) is 0 Å². The second-order valence-electron chi connectivity index (χ2n) is 9.02. The summed E-state index contributed by atoms with van der Waals surface area (Å²) in [5.74, 6) is -0.595. The SMILES string of the molecule is CC1=C(C(=O)OCC(C)C)[C@H](c2cccc(O)c2)C2=C(C[C@H](c3ccccc3)CC2=O)N1. The first-order valence-electron chi connectivity index (χ1n) is 11.1. The number of dihydropyridines is 1. The molecule has 4 rings (SSSR count). The van der Waals surface area contributed by atoms with Gasteiger partial charge in [-0.1, -0.05) is 56.3 Å². The molecule has 2 aliphatic rings. The van der Waals surface area contributed by atoms with E-state index in [2.05, 4.69) is 17.4 Å². The fourth-order valence-electron chi connectivity index (χ4n) is 4.63. The Kier molecular flexibility index (Phi) is 6.17. The maximum atomic E-state index is 13.5. The minimum atomic E-state index is -0.567. The van der Waals surface area contributed by atoms with E-state index < -0.39 is 11.9 Å². The van der Waals surface area contributed by atoms with Crippen molar-refractivity contribution in [3.05, 3.63) is 88.3 Å². The fourth-order valence-corrected chi connectivity index (χ4v) is 4.63. The molecule has 0 fully saturated rings. The maximum absolute atomic E-state index is 13.5. The first kappa shape index (κ1) is 21.9. The van der Waals surface area contributed by atoms with Gasteiger partial charge in [-0.15, -0.1) is 0 Å². The summed E-state index contributed by atoms with van der Waals surface area (Å²) < 4.78 is 5.57. The van der Waals surface area contributed by atoms with Gasteiger partial charge in [-0.2, -0.15) is 0 Å². The summed E-state index contributed by atoms with van der Waals surface area (Å²) in [5, 5.41) is 13.5. The lowest BCUT2D eigenvalue weighted by molar-refractivity contribution is -0.140. The van der Waals surface area contributed by atoms with Gasteiger partial charge in [0, 0.05) is 29.3 Å². The maximum Gasteiger partial charge on any atom is 0.336 e. The standard InChI is InChI=1S/C27H29NO4/c1-16(2)15-32-27(31)24-17(3)28-22-13-20(18-8-5-4-6-9-18)14-23(30)26(22)25(24)19-10-7-11-21(29)12-19/h4-12,16,20,25,28-29H,13-15H2,1-3H3/t20-,25-/m0/s1. The van der Waals surface area contributed by atoms with Gasteiger partial charge in [0.2, 0.25) is 0 Å². The van der Waals surface area contributed by atoms with E-state index in [9.17, 15) is 14.7 Å². The van der Waals surface area contributed by atoms with Gasteiger partial charge >= 0.3 is 5.97 Å². The molecular formula is C27H29NO4. The van der Waals surface area contributed by atoms with Crippen molar-refractivity contribution in [2.24, 2.45) is 5.92 Å². The Labute approximate surface area is 188 Å². The number of aromatic hydroxyl groups is 1. The molecule has 2 atom stereocenters. The molecule has 32 heavy (non-hydrogen) atoms. The molecule has 0 aromatic heterocycles. The summed E-state index contributed by atoms with van der Waals surface area (Å²) in [7, 11) is 0. The highest BCUT2D eigenvalue weighted by molar-refractivity contribution is 6.04. The number of rotatable bonds is 5. The Bertz CT molecular complexity index is 1100. The molecule has 0 unspecified atom stereocenters. The molecule has 1 aliphatic heterocycles. The van der Waals surface area contributed by atoms with Crippen LogP contribution < -0.4 is 5.32 Å². The molecule has 2 aromatic rings. The molecule has 0 bridgehead atoms. The molecule has 5 heteroatoms. The molecule has 166 valence electrons. The van der Waals surface area contributed by atoms with Crippen molar-refractivity contribution in [3.63, 3.8) is 0 Å². The average Bonchev–Trinajstić information content (AvgIpc) is 2.77. The Morgan fingerprint density at radius 1 is 1.09 bits per heavy atom. The van der Waals surface area contributed by atoms with Crippen LogP contribution in [-0.4, -0.2) is 23.5 Å². The number of allylic oxidation sites excluding steroid dienone is 3. The summed E-state index contributed by atoms with van der Waals surface area (Å²) in [6, 6.07) is 16.8. The minimum Gasteiger partial charge on any atom is -0.508 e. The lowest BCUT2D eigenvalue weighted by Gasteiger charge is -2.36. The van der Waals surface area contributed by atoms with Crippen LogP contribution in [-0.2, 0) is 14.3 Å². The van der Waals surface area contributed by atoms with Gasteiger partial charge in [-0.25, -0.2) is 4.79 Å². The van der Waals surface area contributed by atoms with Crippen molar-refractivity contribution in [2.45, 2.75) is 45.4 Å². The van der Waals surface area contributed by atoms with Crippen LogP contribution in [0.25, 0.3) is 0 Å². The van der Waals surface area contributed by atoms with Crippen LogP contribution in [0.1, 0.15) is 56.6 Å². The molecule has 0 amide bonds. The molecule has 0 saturated heterocycles. The molecule has 0 radical (unpaired) electrons. The van der Waals surface area contributed by atoms with Crippen molar-refractivity contribution in [1.82, 2.24) is 5.32 Å². The zero-order valence-corrected chi connectivity index (χ0v) is 18.7. The van der Waals surface area contributed by atoms with Crippen molar-refractivity contribution < 1.29 is 19.4 Å². The molecular weight excluding hydrogens is 402 g/mol. The number of benzene rings is 2. The Hall–Kier alpha value is -3.34. The summed E-state index contributed by atoms with van der Waals surface area (Å²) >= 11 is 0. The number of esters is 1. The summed E-state index contributed by atoms with van der Waals surface area (Å²) in [4.78, 5) is 26.6. The predicted octanol–water partition coefficient (Wildman–Crippen LogP) is 4.95. The van der Waals surface area contributed by atoms with Gasteiger partial charge in [0.1, 0.15) is 5.75 Å². The number of ketones is 1. The van der Waals surface area contributed by atoms with Crippen LogP contribution in [0.4, 0.5) is 0 Å². The molecule has 0 saturated carbocycles. The van der Waals surface area contributed by atoms with E-state index in [0.717, 1.165) is 11.3 Å². The quantitative estimate of drug-likeness (QED) is 0.655. The second kappa shape index (κ2) is 9.03. The molecule has 2 N–H and O–H groups in total. The Morgan fingerprint density at radius 2 is 1.81 bits per heavy atom. The van der Waals surface area contributed by atoms with E-state index in [0.29, 0.717) is 41.9 Å². The van der Waals surface area contributed by atoms with E-state index in [1.807, 2.05) is 45.0 Å². The highest BCUT2D eigenvalue weighted by atomic mass is 16.5. The number of carbonyl (C=O) groups excluding carboxylic acids is 2.